The first-order valence-corrected chi connectivity index (χ1v) is 13.7. The number of rotatable bonds is 5. The van der Waals surface area contributed by atoms with Crippen LogP contribution in [-0.4, -0.2) is 23.9 Å². The standard InChI is InChI=1S/C28H29NO4S2/c1-5-32-27(31)24-18(22-11-8-12-34-22)15-35-26(24)29-14-17-23-16-9-6-7-10-20(16)33-21(23)13-19(25(17)30)28(2,3)4/h8,11-15,30H,5-7,9-10H2,1-4H3/b29-14+. The van der Waals surface area contributed by atoms with E-state index in [0.717, 1.165) is 58.4 Å². The molecule has 0 aliphatic heterocycles. The number of carbonyl (C=O) groups excluding carboxylic acids is 1. The fraction of sp³-hybridized carbons (Fsp3) is 0.357. The topological polar surface area (TPSA) is 72.0 Å². The van der Waals surface area contributed by atoms with Crippen LogP contribution in [-0.2, 0) is 23.0 Å². The molecule has 1 aliphatic rings. The third-order valence-corrected chi connectivity index (χ3v) is 8.20. The Morgan fingerprint density at radius 2 is 2.06 bits per heavy atom. The zero-order valence-electron chi connectivity index (χ0n) is 20.4. The third-order valence-electron chi connectivity index (χ3n) is 6.41. The molecule has 0 radical (unpaired) electrons. The molecule has 4 aromatic rings. The molecule has 1 aliphatic carbocycles. The quantitative estimate of drug-likeness (QED) is 0.219. The molecule has 35 heavy (non-hydrogen) atoms. The van der Waals surface area contributed by atoms with Gasteiger partial charge in [0.15, 0.2) is 0 Å². The van der Waals surface area contributed by atoms with Gasteiger partial charge in [-0.2, -0.15) is 0 Å². The van der Waals surface area contributed by atoms with E-state index in [-0.39, 0.29) is 23.7 Å². The van der Waals surface area contributed by atoms with E-state index in [1.54, 1.807) is 24.5 Å². The predicted molar refractivity (Wildman–Crippen MR) is 144 cm³/mol. The number of ether oxygens (including phenoxy) is 1. The molecule has 0 saturated heterocycles. The van der Waals surface area contributed by atoms with Gasteiger partial charge in [-0.25, -0.2) is 9.79 Å². The molecule has 0 spiro atoms. The monoisotopic (exact) mass is 507 g/mol. The van der Waals surface area contributed by atoms with Gasteiger partial charge in [-0.1, -0.05) is 26.8 Å². The van der Waals surface area contributed by atoms with Crippen molar-refractivity contribution in [2.45, 2.75) is 58.8 Å². The molecule has 0 bridgehead atoms. The number of thiophene rings is 2. The summed E-state index contributed by atoms with van der Waals surface area (Å²) < 4.78 is 11.6. The molecule has 182 valence electrons. The van der Waals surface area contributed by atoms with Crippen molar-refractivity contribution >= 4 is 50.8 Å². The number of benzene rings is 1. The average Bonchev–Trinajstić information content (AvgIpc) is 3.55. The summed E-state index contributed by atoms with van der Waals surface area (Å²) in [6, 6.07) is 5.93. The van der Waals surface area contributed by atoms with Crippen LogP contribution in [0, 0.1) is 0 Å². The summed E-state index contributed by atoms with van der Waals surface area (Å²) in [4.78, 5) is 18.7. The van der Waals surface area contributed by atoms with Crippen molar-refractivity contribution in [3.05, 3.63) is 57.0 Å². The number of esters is 1. The number of nitrogens with zero attached hydrogens (tertiary/aromatic N) is 1. The number of phenols is 1. The van der Waals surface area contributed by atoms with Gasteiger partial charge in [-0.05, 0) is 49.1 Å². The van der Waals surface area contributed by atoms with Crippen molar-refractivity contribution in [2.75, 3.05) is 6.61 Å². The molecule has 1 aromatic carbocycles. The Labute approximate surface area is 213 Å². The lowest BCUT2D eigenvalue weighted by molar-refractivity contribution is 0.0529. The summed E-state index contributed by atoms with van der Waals surface area (Å²) in [5, 5.41) is 16.9. The maximum Gasteiger partial charge on any atom is 0.341 e. The molecule has 5 rings (SSSR count). The minimum atomic E-state index is -0.386. The van der Waals surface area contributed by atoms with Crippen LogP contribution in [0.5, 0.6) is 5.75 Å². The number of aliphatic imine (C=N–C) groups is 1. The zero-order chi connectivity index (χ0) is 24.7. The van der Waals surface area contributed by atoms with Gasteiger partial charge < -0.3 is 14.3 Å². The summed E-state index contributed by atoms with van der Waals surface area (Å²) >= 11 is 2.98. The molecule has 0 fully saturated rings. The lowest BCUT2D eigenvalue weighted by Gasteiger charge is -2.21. The zero-order valence-corrected chi connectivity index (χ0v) is 22.1. The molecule has 0 unspecified atom stereocenters. The summed E-state index contributed by atoms with van der Waals surface area (Å²) in [5.74, 6) is 0.841. The van der Waals surface area contributed by atoms with Gasteiger partial charge in [0, 0.05) is 50.5 Å². The SMILES string of the molecule is CCOC(=O)c1c(-c2cccs2)csc1/N=C/c1c(O)c(C(C)(C)C)cc2oc3c(c12)CCCC3. The molecule has 5 nitrogen and oxygen atoms in total. The van der Waals surface area contributed by atoms with E-state index >= 15 is 0 Å². The smallest absolute Gasteiger partial charge is 0.341 e. The van der Waals surface area contributed by atoms with E-state index in [2.05, 4.69) is 20.8 Å². The highest BCUT2D eigenvalue weighted by molar-refractivity contribution is 7.16. The Bertz CT molecular complexity index is 1420. The molecular weight excluding hydrogens is 478 g/mol. The predicted octanol–water partition coefficient (Wildman–Crippen LogP) is 8.03. The number of aromatic hydroxyl groups is 1. The molecule has 3 heterocycles. The van der Waals surface area contributed by atoms with Crippen molar-refractivity contribution in [3.63, 3.8) is 0 Å². The minimum Gasteiger partial charge on any atom is -0.507 e. The summed E-state index contributed by atoms with van der Waals surface area (Å²) in [7, 11) is 0. The van der Waals surface area contributed by atoms with E-state index < -0.39 is 0 Å². The number of hydrogen-bond acceptors (Lipinski definition) is 7. The van der Waals surface area contributed by atoms with Gasteiger partial charge in [-0.3, -0.25) is 0 Å². The van der Waals surface area contributed by atoms with Crippen LogP contribution in [0.2, 0.25) is 0 Å². The Hall–Kier alpha value is -2.90. The number of carbonyl (C=O) groups is 1. The Morgan fingerprint density at radius 1 is 1.26 bits per heavy atom. The van der Waals surface area contributed by atoms with Gasteiger partial charge in [0.25, 0.3) is 0 Å². The lowest BCUT2D eigenvalue weighted by Crippen LogP contribution is -2.12. The Morgan fingerprint density at radius 3 is 2.77 bits per heavy atom. The Balaban J connectivity index is 1.69. The van der Waals surface area contributed by atoms with E-state index in [1.807, 2.05) is 29.0 Å². The van der Waals surface area contributed by atoms with Gasteiger partial charge in [0.05, 0.1) is 6.61 Å². The molecule has 0 atom stereocenters. The van der Waals surface area contributed by atoms with Crippen molar-refractivity contribution in [2.24, 2.45) is 4.99 Å². The summed E-state index contributed by atoms with van der Waals surface area (Å²) in [6.45, 7) is 8.31. The van der Waals surface area contributed by atoms with Crippen molar-refractivity contribution in [3.8, 4) is 16.2 Å². The number of hydrogen-bond donors (Lipinski definition) is 1. The molecule has 3 aromatic heterocycles. The van der Waals surface area contributed by atoms with E-state index in [0.29, 0.717) is 16.1 Å². The molecular formula is C28H29NO4S2. The van der Waals surface area contributed by atoms with Crippen LogP contribution < -0.4 is 0 Å². The van der Waals surface area contributed by atoms with Crippen LogP contribution in [0.25, 0.3) is 21.4 Å². The van der Waals surface area contributed by atoms with E-state index in [9.17, 15) is 9.90 Å². The third kappa shape index (κ3) is 4.32. The molecule has 0 amide bonds. The number of aryl methyl sites for hydroxylation is 2. The minimum absolute atomic E-state index is 0.218. The first-order chi connectivity index (χ1) is 16.8. The molecule has 0 saturated carbocycles. The first-order valence-electron chi connectivity index (χ1n) is 12.0. The second-order valence-electron chi connectivity index (χ2n) is 9.81. The van der Waals surface area contributed by atoms with Gasteiger partial charge in [-0.15, -0.1) is 22.7 Å². The van der Waals surface area contributed by atoms with Crippen LogP contribution in [0.3, 0.4) is 0 Å². The maximum atomic E-state index is 12.9. The lowest BCUT2D eigenvalue weighted by atomic mass is 9.83. The van der Waals surface area contributed by atoms with Crippen molar-refractivity contribution in [1.82, 2.24) is 0 Å². The second kappa shape index (κ2) is 9.28. The number of phenolic OH excluding ortho intramolecular Hbond substituents is 1. The van der Waals surface area contributed by atoms with Gasteiger partial charge in [0.2, 0.25) is 0 Å². The van der Waals surface area contributed by atoms with Gasteiger partial charge >= 0.3 is 5.97 Å². The fourth-order valence-electron chi connectivity index (χ4n) is 4.72. The van der Waals surface area contributed by atoms with Crippen LogP contribution >= 0.6 is 22.7 Å². The molecule has 1 N–H and O–H groups in total. The molecule has 7 heteroatoms. The average molecular weight is 508 g/mol. The summed E-state index contributed by atoms with van der Waals surface area (Å²) in [5.41, 5.74) is 4.44. The fourth-order valence-corrected chi connectivity index (χ4v) is 6.45. The highest BCUT2D eigenvalue weighted by atomic mass is 32.1. The highest BCUT2D eigenvalue weighted by Crippen LogP contribution is 2.44. The normalized spacial score (nSPS) is 14.1. The van der Waals surface area contributed by atoms with Crippen LogP contribution in [0.4, 0.5) is 5.00 Å². The number of furan rings is 1. The van der Waals surface area contributed by atoms with Crippen LogP contribution in [0.15, 0.2) is 38.4 Å². The van der Waals surface area contributed by atoms with Crippen molar-refractivity contribution < 1.29 is 19.1 Å². The Kier molecular flexibility index (Phi) is 6.32. The van der Waals surface area contributed by atoms with Gasteiger partial charge in [0.1, 0.15) is 27.7 Å². The van der Waals surface area contributed by atoms with E-state index in [1.165, 1.54) is 16.9 Å². The summed E-state index contributed by atoms with van der Waals surface area (Å²) in [6.07, 6.45) is 5.74. The van der Waals surface area contributed by atoms with Crippen LogP contribution in [0.1, 0.15) is 73.3 Å². The highest BCUT2D eigenvalue weighted by Gasteiger charge is 2.28. The van der Waals surface area contributed by atoms with E-state index in [4.69, 9.17) is 14.1 Å². The van der Waals surface area contributed by atoms with Crippen molar-refractivity contribution in [1.29, 1.82) is 0 Å². The largest absolute Gasteiger partial charge is 0.507 e. The first kappa shape index (κ1) is 23.8. The maximum absolute atomic E-state index is 12.9. The second-order valence-corrected chi connectivity index (χ2v) is 11.6. The number of fused-ring (bicyclic) bond motifs is 3.